The number of nitrogens with zero attached hydrogens (tertiary/aromatic N) is 1. The first-order valence-electron chi connectivity index (χ1n) is 3.39. The van der Waals surface area contributed by atoms with Crippen molar-refractivity contribution < 1.29 is 4.79 Å². The average molecular weight is 240 g/mol. The largest absolute Gasteiger partial charge is 0.399 e. The number of benzene rings is 1. The van der Waals surface area contributed by atoms with Crippen LogP contribution in [0.3, 0.4) is 0 Å². The molecule has 13 heavy (non-hydrogen) atoms. The topological polar surface area (TPSA) is 78.9 Å². The molecule has 0 radical (unpaired) electrons. The summed E-state index contributed by atoms with van der Waals surface area (Å²) in [5.74, 6) is -0.463. The molecule has 0 spiro atoms. The lowest BCUT2D eigenvalue weighted by Crippen LogP contribution is -2.17. The van der Waals surface area contributed by atoms with Gasteiger partial charge in [0.2, 0.25) is 0 Å². The van der Waals surface area contributed by atoms with Gasteiger partial charge in [0, 0.05) is 15.7 Å². The van der Waals surface area contributed by atoms with E-state index in [4.69, 9.17) is 11.0 Å². The molecule has 0 atom stereocenters. The Hall–Kier alpha value is -1.54. The number of halogens is 1. The smallest absolute Gasteiger partial charge is 0.264 e. The monoisotopic (exact) mass is 239 g/mol. The number of nitrogens with two attached hydrogens (primary N) is 1. The molecule has 1 aromatic rings. The van der Waals surface area contributed by atoms with Crippen LogP contribution in [0.25, 0.3) is 0 Å². The van der Waals surface area contributed by atoms with Gasteiger partial charge in [0.25, 0.3) is 5.91 Å². The first-order valence-corrected chi connectivity index (χ1v) is 4.18. The van der Waals surface area contributed by atoms with Crippen molar-refractivity contribution in [1.29, 1.82) is 5.26 Å². The number of carbonyl (C=O) groups excluding carboxylic acids is 1. The van der Waals surface area contributed by atoms with Crippen molar-refractivity contribution in [3.8, 4) is 6.19 Å². The van der Waals surface area contributed by atoms with E-state index in [1.807, 2.05) is 5.32 Å². The molecule has 0 fully saturated rings. The molecular weight excluding hydrogens is 234 g/mol. The maximum absolute atomic E-state index is 11.1. The van der Waals surface area contributed by atoms with Crippen molar-refractivity contribution in [3.63, 3.8) is 0 Å². The quantitative estimate of drug-likeness (QED) is 0.440. The molecule has 1 amide bonds. The summed E-state index contributed by atoms with van der Waals surface area (Å²) in [7, 11) is 0. The van der Waals surface area contributed by atoms with Crippen molar-refractivity contribution >= 4 is 27.5 Å². The predicted octanol–water partition coefficient (Wildman–Crippen LogP) is 1.24. The van der Waals surface area contributed by atoms with Crippen LogP contribution in [0.15, 0.2) is 22.7 Å². The maximum Gasteiger partial charge on any atom is 0.264 e. The third-order valence-electron chi connectivity index (χ3n) is 1.35. The van der Waals surface area contributed by atoms with Crippen LogP contribution < -0.4 is 11.1 Å². The lowest BCUT2D eigenvalue weighted by atomic mass is 10.2. The Labute approximate surface area is 83.5 Å². The van der Waals surface area contributed by atoms with E-state index in [2.05, 4.69) is 15.9 Å². The molecule has 1 aromatic carbocycles. The van der Waals surface area contributed by atoms with E-state index in [1.54, 1.807) is 18.3 Å². The number of amides is 1. The summed E-state index contributed by atoms with van der Waals surface area (Å²) in [5.41, 5.74) is 6.33. The molecule has 1 rings (SSSR count). The van der Waals surface area contributed by atoms with Crippen LogP contribution in [-0.4, -0.2) is 5.91 Å². The van der Waals surface area contributed by atoms with E-state index in [0.717, 1.165) is 0 Å². The van der Waals surface area contributed by atoms with Gasteiger partial charge < -0.3 is 5.73 Å². The first kappa shape index (κ1) is 9.55. The van der Waals surface area contributed by atoms with Gasteiger partial charge in [-0.3, -0.25) is 10.1 Å². The molecule has 0 aliphatic rings. The van der Waals surface area contributed by atoms with E-state index >= 15 is 0 Å². The van der Waals surface area contributed by atoms with E-state index < -0.39 is 5.91 Å². The van der Waals surface area contributed by atoms with Gasteiger partial charge >= 0.3 is 0 Å². The summed E-state index contributed by atoms with van der Waals surface area (Å²) in [6, 6.07) is 4.75. The highest BCUT2D eigenvalue weighted by atomic mass is 79.9. The maximum atomic E-state index is 11.1. The zero-order valence-electron chi connectivity index (χ0n) is 6.54. The van der Waals surface area contributed by atoms with Gasteiger partial charge in [0.1, 0.15) is 0 Å². The van der Waals surface area contributed by atoms with Gasteiger partial charge in [-0.25, -0.2) is 0 Å². The third kappa shape index (κ3) is 2.46. The van der Waals surface area contributed by atoms with Crippen molar-refractivity contribution in [3.05, 3.63) is 28.2 Å². The van der Waals surface area contributed by atoms with Gasteiger partial charge in [-0.15, -0.1) is 0 Å². The predicted molar refractivity (Wildman–Crippen MR) is 51.6 cm³/mol. The SMILES string of the molecule is N#CNC(=O)c1cc(N)cc(Br)c1. The van der Waals surface area contributed by atoms with Crippen molar-refractivity contribution in [2.75, 3.05) is 5.73 Å². The van der Waals surface area contributed by atoms with Crippen LogP contribution in [0.5, 0.6) is 0 Å². The molecule has 0 saturated carbocycles. The molecule has 0 heterocycles. The van der Waals surface area contributed by atoms with E-state index in [1.165, 1.54) is 6.07 Å². The minimum atomic E-state index is -0.463. The number of hydrogen-bond donors (Lipinski definition) is 2. The Balaban J connectivity index is 3.02. The Morgan fingerprint density at radius 3 is 2.77 bits per heavy atom. The van der Waals surface area contributed by atoms with Crippen LogP contribution in [-0.2, 0) is 0 Å². The van der Waals surface area contributed by atoms with Gasteiger partial charge in [-0.2, -0.15) is 5.26 Å². The standard InChI is InChI=1S/C8H6BrN3O/c9-6-1-5(2-7(11)3-6)8(13)12-4-10/h1-3H,11H2,(H,12,13). The first-order chi connectivity index (χ1) is 6.13. The van der Waals surface area contributed by atoms with Crippen LogP contribution in [0.4, 0.5) is 5.69 Å². The minimum absolute atomic E-state index is 0.355. The van der Waals surface area contributed by atoms with Crippen LogP contribution >= 0.6 is 15.9 Å². The summed E-state index contributed by atoms with van der Waals surface area (Å²) >= 11 is 3.19. The fourth-order valence-corrected chi connectivity index (χ4v) is 1.38. The van der Waals surface area contributed by atoms with Crippen LogP contribution in [0, 0.1) is 11.5 Å². The number of rotatable bonds is 1. The normalized spacial score (nSPS) is 8.92. The number of nitrogens with one attached hydrogen (secondary N) is 1. The lowest BCUT2D eigenvalue weighted by molar-refractivity contribution is 0.0973. The summed E-state index contributed by atoms with van der Waals surface area (Å²) in [4.78, 5) is 11.1. The zero-order valence-corrected chi connectivity index (χ0v) is 8.13. The van der Waals surface area contributed by atoms with Crippen molar-refractivity contribution in [2.45, 2.75) is 0 Å². The summed E-state index contributed by atoms with van der Waals surface area (Å²) in [6.45, 7) is 0. The molecule has 3 N–H and O–H groups in total. The Bertz CT molecular complexity index is 363. The Kier molecular flexibility index (Phi) is 2.88. The number of hydrogen-bond acceptors (Lipinski definition) is 3. The fraction of sp³-hybridized carbons (Fsp3) is 0. The van der Waals surface area contributed by atoms with E-state index in [-0.39, 0.29) is 0 Å². The number of nitrogen functional groups attached to an aromatic ring is 1. The number of anilines is 1. The highest BCUT2D eigenvalue weighted by molar-refractivity contribution is 9.10. The van der Waals surface area contributed by atoms with E-state index in [0.29, 0.717) is 15.7 Å². The third-order valence-corrected chi connectivity index (χ3v) is 1.81. The number of nitriles is 1. The van der Waals surface area contributed by atoms with Crippen molar-refractivity contribution in [1.82, 2.24) is 5.32 Å². The molecule has 0 aliphatic heterocycles. The van der Waals surface area contributed by atoms with Crippen molar-refractivity contribution in [2.24, 2.45) is 0 Å². The molecule has 0 bridgehead atoms. The molecule has 0 unspecified atom stereocenters. The molecule has 4 nitrogen and oxygen atoms in total. The molecular formula is C8H6BrN3O. The van der Waals surface area contributed by atoms with Crippen LogP contribution in [0.1, 0.15) is 10.4 Å². The fourth-order valence-electron chi connectivity index (χ4n) is 0.866. The molecule has 0 saturated heterocycles. The average Bonchev–Trinajstić information content (AvgIpc) is 2.03. The lowest BCUT2D eigenvalue weighted by Gasteiger charge is -2.00. The van der Waals surface area contributed by atoms with Crippen LogP contribution in [0.2, 0.25) is 0 Å². The Morgan fingerprint density at radius 1 is 1.54 bits per heavy atom. The highest BCUT2D eigenvalue weighted by Gasteiger charge is 2.05. The number of carbonyl (C=O) groups is 1. The molecule has 0 aromatic heterocycles. The summed E-state index contributed by atoms with van der Waals surface area (Å²) < 4.78 is 0.704. The van der Waals surface area contributed by atoms with Gasteiger partial charge in [0.05, 0.1) is 0 Å². The minimum Gasteiger partial charge on any atom is -0.399 e. The molecule has 0 aliphatic carbocycles. The second-order valence-corrected chi connectivity index (χ2v) is 3.25. The highest BCUT2D eigenvalue weighted by Crippen LogP contribution is 2.16. The Morgan fingerprint density at radius 2 is 2.23 bits per heavy atom. The zero-order chi connectivity index (χ0) is 9.84. The van der Waals surface area contributed by atoms with Gasteiger partial charge in [-0.1, -0.05) is 15.9 Å². The van der Waals surface area contributed by atoms with E-state index in [9.17, 15) is 4.79 Å². The van der Waals surface area contributed by atoms with Gasteiger partial charge in [-0.05, 0) is 18.2 Å². The summed E-state index contributed by atoms with van der Waals surface area (Å²) in [5, 5.41) is 10.2. The second-order valence-electron chi connectivity index (χ2n) is 2.34. The van der Waals surface area contributed by atoms with Gasteiger partial charge in [0.15, 0.2) is 6.19 Å². The molecule has 66 valence electrons. The summed E-state index contributed by atoms with van der Waals surface area (Å²) in [6.07, 6.45) is 1.55. The molecule has 5 heteroatoms. The second kappa shape index (κ2) is 3.92.